The summed E-state index contributed by atoms with van der Waals surface area (Å²) in [6.07, 6.45) is 0. The van der Waals surface area contributed by atoms with Crippen molar-refractivity contribution >= 4 is 28.3 Å². The molecular weight excluding hydrogens is 288 g/mol. The zero-order valence-electron chi connectivity index (χ0n) is 11.6. The normalized spacial score (nSPS) is 28.3. The predicted octanol–water partition coefficient (Wildman–Crippen LogP) is 2.33. The van der Waals surface area contributed by atoms with E-state index in [1.807, 2.05) is 24.3 Å². The quantitative estimate of drug-likeness (QED) is 0.925. The summed E-state index contributed by atoms with van der Waals surface area (Å²) in [5.74, 6) is 1.36. The zero-order valence-corrected chi connectivity index (χ0v) is 12.4. The maximum atomic E-state index is 9.75. The average molecular weight is 305 g/mol. The molecule has 0 spiro atoms. The van der Waals surface area contributed by atoms with Crippen LogP contribution in [0.3, 0.4) is 0 Å². The van der Waals surface area contributed by atoms with Crippen LogP contribution in [-0.4, -0.2) is 43.0 Å². The number of halogens is 1. The van der Waals surface area contributed by atoms with E-state index in [1.165, 1.54) is 0 Å². The molecule has 0 saturated carbocycles. The van der Waals surface area contributed by atoms with Crippen LogP contribution in [0.5, 0.6) is 0 Å². The summed E-state index contributed by atoms with van der Waals surface area (Å²) in [7, 11) is 0. The Hall–Kier alpha value is -1.36. The molecule has 2 atom stereocenters. The van der Waals surface area contributed by atoms with E-state index >= 15 is 0 Å². The maximum Gasteiger partial charge on any atom is 0.129 e. The third-order valence-electron chi connectivity index (χ3n) is 4.80. The van der Waals surface area contributed by atoms with Crippen molar-refractivity contribution in [2.45, 2.75) is 0 Å². The van der Waals surface area contributed by atoms with Gasteiger partial charge in [-0.05, 0) is 30.3 Å². The molecule has 1 N–H and O–H groups in total. The Balaban J connectivity index is 1.67. The zero-order chi connectivity index (χ0) is 14.4. The lowest BCUT2D eigenvalue weighted by Crippen LogP contribution is -2.34. The van der Waals surface area contributed by atoms with Gasteiger partial charge in [0.2, 0.25) is 0 Å². The maximum absolute atomic E-state index is 9.75. The van der Waals surface area contributed by atoms with Gasteiger partial charge in [0.1, 0.15) is 5.82 Å². The highest BCUT2D eigenvalue weighted by Crippen LogP contribution is 2.42. The molecule has 21 heavy (non-hydrogen) atoms. The molecule has 2 aromatic rings. The highest BCUT2D eigenvalue weighted by atomic mass is 35.5. The SMILES string of the molecule is OC[C@@]12COC[C@@H]1CN(c1ccc3cc(Cl)ccc3n1)C2. The molecular formula is C16H17ClN2O2. The van der Waals surface area contributed by atoms with Gasteiger partial charge in [0.15, 0.2) is 0 Å². The van der Waals surface area contributed by atoms with E-state index in [4.69, 9.17) is 21.3 Å². The number of aromatic nitrogens is 1. The number of benzene rings is 1. The minimum Gasteiger partial charge on any atom is -0.396 e. The molecule has 0 bridgehead atoms. The molecule has 2 saturated heterocycles. The molecule has 3 heterocycles. The van der Waals surface area contributed by atoms with E-state index < -0.39 is 0 Å². The van der Waals surface area contributed by atoms with E-state index in [2.05, 4.69) is 11.0 Å². The van der Waals surface area contributed by atoms with Gasteiger partial charge in [-0.15, -0.1) is 0 Å². The highest BCUT2D eigenvalue weighted by Gasteiger charge is 2.50. The number of aliphatic hydroxyl groups is 1. The first-order valence-corrected chi connectivity index (χ1v) is 7.58. The third kappa shape index (κ3) is 2.09. The second kappa shape index (κ2) is 4.83. The van der Waals surface area contributed by atoms with Crippen LogP contribution in [0.25, 0.3) is 10.9 Å². The number of ether oxygens (including phenoxy) is 1. The topological polar surface area (TPSA) is 45.6 Å². The predicted molar refractivity (Wildman–Crippen MR) is 82.8 cm³/mol. The number of fused-ring (bicyclic) bond motifs is 2. The average Bonchev–Trinajstić information content (AvgIpc) is 3.04. The van der Waals surface area contributed by atoms with Crippen LogP contribution in [0.4, 0.5) is 5.82 Å². The van der Waals surface area contributed by atoms with E-state index in [-0.39, 0.29) is 12.0 Å². The van der Waals surface area contributed by atoms with Gasteiger partial charge in [0.25, 0.3) is 0 Å². The first kappa shape index (κ1) is 13.3. The number of aliphatic hydroxyl groups excluding tert-OH is 1. The second-order valence-corrected chi connectivity index (χ2v) is 6.56. The van der Waals surface area contributed by atoms with Crippen molar-refractivity contribution in [2.24, 2.45) is 11.3 Å². The van der Waals surface area contributed by atoms with Crippen LogP contribution in [0.15, 0.2) is 30.3 Å². The molecule has 4 rings (SSSR count). The Labute approximate surface area is 128 Å². The lowest BCUT2D eigenvalue weighted by atomic mass is 9.82. The Bertz CT molecular complexity index is 693. The molecule has 1 aromatic heterocycles. The van der Waals surface area contributed by atoms with E-state index in [1.54, 1.807) is 0 Å². The molecule has 2 aliphatic rings. The summed E-state index contributed by atoms with van der Waals surface area (Å²) >= 11 is 6.01. The number of nitrogens with zero attached hydrogens (tertiary/aromatic N) is 2. The Morgan fingerprint density at radius 2 is 2.29 bits per heavy atom. The molecule has 0 radical (unpaired) electrons. The minimum atomic E-state index is -0.114. The first-order chi connectivity index (χ1) is 10.2. The van der Waals surface area contributed by atoms with Crippen LogP contribution in [0.2, 0.25) is 5.02 Å². The van der Waals surface area contributed by atoms with Crippen LogP contribution in [-0.2, 0) is 4.74 Å². The van der Waals surface area contributed by atoms with Crippen molar-refractivity contribution in [1.29, 1.82) is 0 Å². The number of anilines is 1. The summed E-state index contributed by atoms with van der Waals surface area (Å²) in [6.45, 7) is 3.26. The summed E-state index contributed by atoms with van der Waals surface area (Å²) < 4.78 is 5.55. The Morgan fingerprint density at radius 1 is 1.38 bits per heavy atom. The van der Waals surface area contributed by atoms with Crippen LogP contribution in [0.1, 0.15) is 0 Å². The van der Waals surface area contributed by atoms with E-state index in [0.717, 1.165) is 41.4 Å². The van der Waals surface area contributed by atoms with Gasteiger partial charge < -0.3 is 14.7 Å². The molecule has 5 heteroatoms. The van der Waals surface area contributed by atoms with Gasteiger partial charge in [-0.2, -0.15) is 0 Å². The summed E-state index contributed by atoms with van der Waals surface area (Å²) in [4.78, 5) is 7.00. The molecule has 2 fully saturated rings. The van der Waals surface area contributed by atoms with Crippen molar-refractivity contribution in [3.8, 4) is 0 Å². The fourth-order valence-electron chi connectivity index (χ4n) is 3.49. The molecule has 0 amide bonds. The molecule has 110 valence electrons. The highest BCUT2D eigenvalue weighted by molar-refractivity contribution is 6.31. The van der Waals surface area contributed by atoms with Crippen LogP contribution < -0.4 is 4.90 Å². The number of hydrogen-bond acceptors (Lipinski definition) is 4. The molecule has 0 unspecified atom stereocenters. The minimum absolute atomic E-state index is 0.114. The van der Waals surface area contributed by atoms with Crippen molar-refractivity contribution in [2.75, 3.05) is 37.8 Å². The van der Waals surface area contributed by atoms with Gasteiger partial charge >= 0.3 is 0 Å². The Kier molecular flexibility index (Phi) is 3.06. The van der Waals surface area contributed by atoms with Crippen molar-refractivity contribution in [3.63, 3.8) is 0 Å². The fraction of sp³-hybridized carbons (Fsp3) is 0.438. The van der Waals surface area contributed by atoms with Gasteiger partial charge in [0, 0.05) is 34.8 Å². The summed E-state index contributed by atoms with van der Waals surface area (Å²) in [5.41, 5.74) is 0.833. The Morgan fingerprint density at radius 3 is 3.10 bits per heavy atom. The van der Waals surface area contributed by atoms with Gasteiger partial charge in [-0.25, -0.2) is 4.98 Å². The van der Waals surface area contributed by atoms with Crippen molar-refractivity contribution in [1.82, 2.24) is 4.98 Å². The number of hydrogen-bond donors (Lipinski definition) is 1. The molecule has 0 aliphatic carbocycles. The largest absolute Gasteiger partial charge is 0.396 e. The van der Waals surface area contributed by atoms with Gasteiger partial charge in [0.05, 0.1) is 25.3 Å². The lowest BCUT2D eigenvalue weighted by molar-refractivity contribution is 0.0989. The number of rotatable bonds is 2. The van der Waals surface area contributed by atoms with Crippen LogP contribution >= 0.6 is 11.6 Å². The van der Waals surface area contributed by atoms with Crippen molar-refractivity contribution in [3.05, 3.63) is 35.4 Å². The third-order valence-corrected chi connectivity index (χ3v) is 5.03. The molecule has 2 aliphatic heterocycles. The van der Waals surface area contributed by atoms with E-state index in [9.17, 15) is 5.11 Å². The van der Waals surface area contributed by atoms with Crippen LogP contribution in [0, 0.1) is 11.3 Å². The second-order valence-electron chi connectivity index (χ2n) is 6.12. The number of pyridine rings is 1. The van der Waals surface area contributed by atoms with E-state index in [0.29, 0.717) is 12.5 Å². The molecule has 1 aromatic carbocycles. The fourth-order valence-corrected chi connectivity index (χ4v) is 3.67. The summed E-state index contributed by atoms with van der Waals surface area (Å²) in [6, 6.07) is 9.83. The summed E-state index contributed by atoms with van der Waals surface area (Å²) in [5, 5.41) is 11.5. The first-order valence-electron chi connectivity index (χ1n) is 7.20. The van der Waals surface area contributed by atoms with Gasteiger partial charge in [-0.3, -0.25) is 0 Å². The smallest absolute Gasteiger partial charge is 0.129 e. The lowest BCUT2D eigenvalue weighted by Gasteiger charge is -2.24. The monoisotopic (exact) mass is 304 g/mol. The standard InChI is InChI=1S/C16H17ClN2O2/c17-13-2-3-14-11(5-13)1-4-15(18-14)19-6-12-7-21-10-16(12,8-19)9-20/h1-5,12,20H,6-10H2/t12-,16-/m0/s1. The van der Waals surface area contributed by atoms with Gasteiger partial charge in [-0.1, -0.05) is 11.6 Å². The molecule has 4 nitrogen and oxygen atoms in total. The van der Waals surface area contributed by atoms with Crippen molar-refractivity contribution < 1.29 is 9.84 Å².